The van der Waals surface area contributed by atoms with Crippen molar-refractivity contribution in [3.05, 3.63) is 123 Å². The second kappa shape index (κ2) is 8.95. The number of halogens is 3. The molecule has 0 spiro atoms. The number of benzene rings is 3. The van der Waals surface area contributed by atoms with Crippen LogP contribution in [0.15, 0.2) is 101 Å². The first-order chi connectivity index (χ1) is 16.0. The summed E-state index contributed by atoms with van der Waals surface area (Å²) < 4.78 is 5.98. The van der Waals surface area contributed by atoms with Gasteiger partial charge in [-0.1, -0.05) is 71.2 Å². The van der Waals surface area contributed by atoms with Crippen LogP contribution in [0.1, 0.15) is 11.3 Å². The second-order valence-corrected chi connectivity index (χ2v) is 8.72. The molecule has 5 rings (SSSR count). The van der Waals surface area contributed by atoms with E-state index in [9.17, 15) is 4.79 Å². The molecule has 0 saturated heterocycles. The molecule has 1 aliphatic rings. The number of carbonyl (C=O) groups excluding carboxylic acids is 1. The van der Waals surface area contributed by atoms with Crippen molar-refractivity contribution in [2.45, 2.75) is 0 Å². The predicted molar refractivity (Wildman–Crippen MR) is 135 cm³/mol. The minimum Gasteiger partial charge on any atom is -0.457 e. The molecule has 3 nitrogen and oxygen atoms in total. The standard InChI is InChI=1S/C27H16Cl3NO2/c28-19-7-4-8-21(15-19)31-25(17-5-2-1-3-6-17)14-18(27(31)32)13-22-10-12-26(33-22)23-16-20(29)9-11-24(23)30/h1-16H/b18-13+. The number of hydrogen-bond acceptors (Lipinski definition) is 2. The summed E-state index contributed by atoms with van der Waals surface area (Å²) in [6.07, 6.45) is 3.57. The zero-order valence-corrected chi connectivity index (χ0v) is 19.4. The Morgan fingerprint density at radius 3 is 2.36 bits per heavy atom. The highest BCUT2D eigenvalue weighted by Gasteiger charge is 2.30. The average Bonchev–Trinajstić information content (AvgIpc) is 3.41. The van der Waals surface area contributed by atoms with E-state index in [0.29, 0.717) is 43.4 Å². The lowest BCUT2D eigenvalue weighted by Crippen LogP contribution is -2.24. The summed E-state index contributed by atoms with van der Waals surface area (Å²) in [6, 6.07) is 25.7. The van der Waals surface area contributed by atoms with Crippen LogP contribution in [0.2, 0.25) is 15.1 Å². The molecule has 0 bridgehead atoms. The van der Waals surface area contributed by atoms with Crippen LogP contribution in [0.3, 0.4) is 0 Å². The van der Waals surface area contributed by atoms with Crippen molar-refractivity contribution in [3.63, 3.8) is 0 Å². The molecule has 1 amide bonds. The van der Waals surface area contributed by atoms with Crippen molar-refractivity contribution in [1.82, 2.24) is 0 Å². The maximum Gasteiger partial charge on any atom is 0.263 e. The van der Waals surface area contributed by atoms with Crippen molar-refractivity contribution in [3.8, 4) is 11.3 Å². The zero-order valence-electron chi connectivity index (χ0n) is 17.1. The maximum absolute atomic E-state index is 13.5. The van der Waals surface area contributed by atoms with Gasteiger partial charge in [0.05, 0.1) is 16.4 Å². The molecule has 0 radical (unpaired) electrons. The Balaban J connectivity index is 1.56. The van der Waals surface area contributed by atoms with Crippen LogP contribution in [-0.2, 0) is 4.79 Å². The number of amides is 1. The van der Waals surface area contributed by atoms with E-state index < -0.39 is 0 Å². The molecule has 1 aromatic heterocycles. The summed E-state index contributed by atoms with van der Waals surface area (Å²) in [7, 11) is 0. The first-order valence-corrected chi connectivity index (χ1v) is 11.3. The Kier molecular flexibility index (Phi) is 5.86. The van der Waals surface area contributed by atoms with Gasteiger partial charge in [-0.15, -0.1) is 0 Å². The summed E-state index contributed by atoms with van der Waals surface area (Å²) in [5.41, 5.74) is 3.55. The van der Waals surface area contributed by atoms with Gasteiger partial charge in [-0.05, 0) is 66.2 Å². The van der Waals surface area contributed by atoms with Gasteiger partial charge < -0.3 is 4.42 Å². The molecule has 0 atom stereocenters. The quantitative estimate of drug-likeness (QED) is 0.268. The van der Waals surface area contributed by atoms with Crippen LogP contribution in [0.5, 0.6) is 0 Å². The lowest BCUT2D eigenvalue weighted by Gasteiger charge is -2.21. The highest BCUT2D eigenvalue weighted by Crippen LogP contribution is 2.37. The van der Waals surface area contributed by atoms with E-state index in [4.69, 9.17) is 39.2 Å². The van der Waals surface area contributed by atoms with Crippen molar-refractivity contribution < 1.29 is 9.21 Å². The van der Waals surface area contributed by atoms with E-state index in [1.54, 1.807) is 53.4 Å². The van der Waals surface area contributed by atoms with Crippen molar-refractivity contribution in [1.29, 1.82) is 0 Å². The lowest BCUT2D eigenvalue weighted by atomic mass is 10.1. The van der Waals surface area contributed by atoms with E-state index >= 15 is 0 Å². The van der Waals surface area contributed by atoms with Gasteiger partial charge in [-0.2, -0.15) is 0 Å². The minimum atomic E-state index is -0.171. The smallest absolute Gasteiger partial charge is 0.263 e. The summed E-state index contributed by atoms with van der Waals surface area (Å²) in [6.45, 7) is 0. The molecule has 33 heavy (non-hydrogen) atoms. The van der Waals surface area contributed by atoms with Crippen molar-refractivity contribution in [2.75, 3.05) is 4.90 Å². The summed E-state index contributed by atoms with van der Waals surface area (Å²) >= 11 is 18.6. The van der Waals surface area contributed by atoms with Gasteiger partial charge in [0.1, 0.15) is 11.5 Å². The van der Waals surface area contributed by atoms with Crippen LogP contribution in [0, 0.1) is 0 Å². The molecular weight excluding hydrogens is 477 g/mol. The SMILES string of the molecule is O=C1/C(=C/c2ccc(-c3cc(Cl)ccc3Cl)o2)C=C(c2ccccc2)N1c1cccc(Cl)c1. The van der Waals surface area contributed by atoms with Gasteiger partial charge in [0.2, 0.25) is 0 Å². The molecule has 0 unspecified atom stereocenters. The monoisotopic (exact) mass is 491 g/mol. The van der Waals surface area contributed by atoms with E-state index in [0.717, 1.165) is 11.3 Å². The molecule has 2 heterocycles. The number of carbonyl (C=O) groups is 1. The fraction of sp³-hybridized carbons (Fsp3) is 0. The van der Waals surface area contributed by atoms with Gasteiger partial charge in [0.25, 0.3) is 5.91 Å². The fourth-order valence-corrected chi connectivity index (χ4v) is 4.29. The van der Waals surface area contributed by atoms with E-state index in [1.807, 2.05) is 48.5 Å². The molecular formula is C27H16Cl3NO2. The van der Waals surface area contributed by atoms with Crippen LogP contribution in [0.4, 0.5) is 5.69 Å². The Hall–Kier alpha value is -3.24. The van der Waals surface area contributed by atoms with Crippen molar-refractivity contribution >= 4 is 58.2 Å². The van der Waals surface area contributed by atoms with Gasteiger partial charge in [0, 0.05) is 21.2 Å². The Bertz CT molecular complexity index is 1420. The molecule has 162 valence electrons. The topological polar surface area (TPSA) is 33.5 Å². The van der Waals surface area contributed by atoms with Gasteiger partial charge in [0.15, 0.2) is 0 Å². The Labute approximate surface area is 206 Å². The lowest BCUT2D eigenvalue weighted by molar-refractivity contribution is -0.113. The number of nitrogens with zero attached hydrogens (tertiary/aromatic N) is 1. The highest BCUT2D eigenvalue weighted by atomic mass is 35.5. The van der Waals surface area contributed by atoms with Gasteiger partial charge >= 0.3 is 0 Å². The summed E-state index contributed by atoms with van der Waals surface area (Å²) in [5.74, 6) is 0.926. The molecule has 4 aromatic rings. The molecule has 6 heteroatoms. The fourth-order valence-electron chi connectivity index (χ4n) is 3.72. The summed E-state index contributed by atoms with van der Waals surface area (Å²) in [5, 5.41) is 1.65. The molecule has 0 fully saturated rings. The van der Waals surface area contributed by atoms with Gasteiger partial charge in [-0.3, -0.25) is 9.69 Å². The molecule has 0 N–H and O–H groups in total. The van der Waals surface area contributed by atoms with Gasteiger partial charge in [-0.25, -0.2) is 0 Å². The van der Waals surface area contributed by atoms with Crippen molar-refractivity contribution in [2.24, 2.45) is 0 Å². The first-order valence-electron chi connectivity index (χ1n) is 10.1. The Morgan fingerprint density at radius 2 is 1.58 bits per heavy atom. The average molecular weight is 493 g/mol. The number of hydrogen-bond donors (Lipinski definition) is 0. The predicted octanol–water partition coefficient (Wildman–Crippen LogP) is 8.38. The number of furan rings is 1. The third-order valence-corrected chi connectivity index (χ3v) is 6.04. The van der Waals surface area contributed by atoms with E-state index in [2.05, 4.69) is 0 Å². The largest absolute Gasteiger partial charge is 0.457 e. The van der Waals surface area contributed by atoms with Crippen LogP contribution in [0.25, 0.3) is 23.1 Å². The minimum absolute atomic E-state index is 0.171. The normalized spacial score (nSPS) is 14.8. The van der Waals surface area contributed by atoms with E-state index in [1.165, 1.54) is 0 Å². The molecule has 0 aliphatic carbocycles. The van der Waals surface area contributed by atoms with E-state index in [-0.39, 0.29) is 5.91 Å². The first kappa shape index (κ1) is 21.6. The summed E-state index contributed by atoms with van der Waals surface area (Å²) in [4.78, 5) is 15.1. The van der Waals surface area contributed by atoms with Crippen LogP contribution in [-0.4, -0.2) is 5.91 Å². The molecule has 1 aliphatic heterocycles. The number of rotatable bonds is 4. The third-order valence-electron chi connectivity index (χ3n) is 5.24. The third kappa shape index (κ3) is 4.36. The van der Waals surface area contributed by atoms with Crippen LogP contribution >= 0.6 is 34.8 Å². The zero-order chi connectivity index (χ0) is 22.9. The number of anilines is 1. The molecule has 3 aromatic carbocycles. The Morgan fingerprint density at radius 1 is 0.788 bits per heavy atom. The second-order valence-electron chi connectivity index (χ2n) is 7.44. The molecule has 0 saturated carbocycles. The van der Waals surface area contributed by atoms with Crippen LogP contribution < -0.4 is 4.90 Å². The maximum atomic E-state index is 13.5. The highest BCUT2D eigenvalue weighted by molar-refractivity contribution is 6.35.